The van der Waals surface area contributed by atoms with Crippen molar-refractivity contribution >= 4 is 5.91 Å². The van der Waals surface area contributed by atoms with Crippen LogP contribution in [0.2, 0.25) is 0 Å². The Labute approximate surface area is 168 Å². The van der Waals surface area contributed by atoms with E-state index in [1.807, 2.05) is 6.92 Å². The third-order valence-corrected chi connectivity index (χ3v) is 6.78. The summed E-state index contributed by atoms with van der Waals surface area (Å²) < 4.78 is 0. The number of aromatic amines is 1. The third kappa shape index (κ3) is 3.37. The largest absolute Gasteiger partial charge is 0.332 e. The molecule has 0 radical (unpaired) electrons. The standard InChI is InChI=1S/C23H32N4O/c1-4-19-16(2)21(25-24-19)23(28)27-15-18(17-11-7-5-8-12-17)22-20(27)13-9-6-10-14-26(22)3/h5,7-8,11-12,18,20,22H,4,6,9-10,13-15H2,1-3H3,(H,24,25)/t18-,20+,22-/m0/s1. The number of carbonyl (C=O) groups is 1. The van der Waals surface area contributed by atoms with Gasteiger partial charge in [-0.2, -0.15) is 5.10 Å². The van der Waals surface area contributed by atoms with Gasteiger partial charge in [0.1, 0.15) is 0 Å². The predicted molar refractivity (Wildman–Crippen MR) is 112 cm³/mol. The summed E-state index contributed by atoms with van der Waals surface area (Å²) in [7, 11) is 2.24. The molecule has 0 aliphatic carbocycles. The van der Waals surface area contributed by atoms with Gasteiger partial charge in [0.15, 0.2) is 5.69 Å². The fourth-order valence-corrected chi connectivity index (χ4v) is 5.23. The number of amides is 1. The van der Waals surface area contributed by atoms with Crippen LogP contribution >= 0.6 is 0 Å². The molecule has 28 heavy (non-hydrogen) atoms. The van der Waals surface area contributed by atoms with E-state index in [0.717, 1.165) is 37.2 Å². The van der Waals surface area contributed by atoms with Crippen molar-refractivity contribution in [2.75, 3.05) is 20.1 Å². The Kier molecular flexibility index (Phi) is 5.54. The van der Waals surface area contributed by atoms with Crippen LogP contribution < -0.4 is 0 Å². The fraction of sp³-hybridized carbons (Fsp3) is 0.565. The summed E-state index contributed by atoms with van der Waals surface area (Å²) in [6.45, 7) is 5.99. The van der Waals surface area contributed by atoms with E-state index < -0.39 is 0 Å². The molecule has 3 atom stereocenters. The minimum atomic E-state index is 0.0934. The highest BCUT2D eigenvalue weighted by molar-refractivity contribution is 5.94. The molecule has 0 unspecified atom stereocenters. The molecule has 0 spiro atoms. The smallest absolute Gasteiger partial charge is 0.274 e. The van der Waals surface area contributed by atoms with Crippen LogP contribution in [0.4, 0.5) is 0 Å². The number of fused-ring (bicyclic) bond motifs is 1. The first-order valence-corrected chi connectivity index (χ1v) is 10.7. The highest BCUT2D eigenvalue weighted by Crippen LogP contribution is 2.39. The second kappa shape index (κ2) is 8.08. The molecule has 2 fully saturated rings. The molecule has 5 nitrogen and oxygen atoms in total. The van der Waals surface area contributed by atoms with Crippen LogP contribution in [0, 0.1) is 6.92 Å². The van der Waals surface area contributed by atoms with Gasteiger partial charge in [-0.15, -0.1) is 0 Å². The van der Waals surface area contributed by atoms with E-state index in [2.05, 4.69) is 64.3 Å². The first-order chi connectivity index (χ1) is 13.6. The minimum absolute atomic E-state index is 0.0934. The molecule has 2 aliphatic rings. The Balaban J connectivity index is 1.70. The van der Waals surface area contributed by atoms with Crippen LogP contribution in [0.3, 0.4) is 0 Å². The minimum Gasteiger partial charge on any atom is -0.332 e. The summed E-state index contributed by atoms with van der Waals surface area (Å²) >= 11 is 0. The zero-order chi connectivity index (χ0) is 19.7. The van der Waals surface area contributed by atoms with Gasteiger partial charge in [-0.05, 0) is 45.3 Å². The summed E-state index contributed by atoms with van der Waals surface area (Å²) in [4.78, 5) is 18.2. The molecular formula is C23H32N4O. The Morgan fingerprint density at radius 2 is 2.00 bits per heavy atom. The van der Waals surface area contributed by atoms with Crippen LogP contribution in [-0.2, 0) is 6.42 Å². The number of aryl methyl sites for hydroxylation is 1. The molecule has 5 heteroatoms. The number of benzene rings is 1. The van der Waals surface area contributed by atoms with Crippen molar-refractivity contribution in [1.29, 1.82) is 0 Å². The molecule has 1 aromatic heterocycles. The number of aromatic nitrogens is 2. The summed E-state index contributed by atoms with van der Waals surface area (Å²) in [5.41, 5.74) is 4.02. The van der Waals surface area contributed by atoms with Gasteiger partial charge in [-0.1, -0.05) is 50.1 Å². The molecule has 0 bridgehead atoms. The molecule has 2 aromatic rings. The van der Waals surface area contributed by atoms with E-state index in [-0.39, 0.29) is 11.9 Å². The van der Waals surface area contributed by atoms with Crippen LogP contribution in [0.5, 0.6) is 0 Å². The molecule has 1 amide bonds. The number of carbonyl (C=O) groups excluding carboxylic acids is 1. The molecule has 150 valence electrons. The highest BCUT2D eigenvalue weighted by Gasteiger charge is 2.47. The predicted octanol–water partition coefficient (Wildman–Crippen LogP) is 3.76. The van der Waals surface area contributed by atoms with Crippen LogP contribution in [0.1, 0.15) is 65.8 Å². The molecular weight excluding hydrogens is 348 g/mol. The number of nitrogens with one attached hydrogen (secondary N) is 1. The van der Waals surface area contributed by atoms with Gasteiger partial charge in [-0.25, -0.2) is 0 Å². The summed E-state index contributed by atoms with van der Waals surface area (Å²) in [5, 5.41) is 7.46. The molecule has 3 heterocycles. The maximum absolute atomic E-state index is 13.6. The summed E-state index contributed by atoms with van der Waals surface area (Å²) in [6.07, 6.45) is 5.63. The SMILES string of the molecule is CCc1[nH]nc(C(=O)N2C[C@@H](c3ccccc3)[C@H]3[C@H]2CCCCCN3C)c1C. The molecule has 2 saturated heterocycles. The lowest BCUT2D eigenvalue weighted by Gasteiger charge is -2.36. The van der Waals surface area contributed by atoms with Gasteiger partial charge in [0, 0.05) is 35.8 Å². The number of likely N-dealkylation sites (tertiary alicyclic amines) is 2. The van der Waals surface area contributed by atoms with Crippen molar-refractivity contribution in [2.24, 2.45) is 0 Å². The lowest BCUT2D eigenvalue weighted by molar-refractivity contribution is 0.0663. The monoisotopic (exact) mass is 380 g/mol. The summed E-state index contributed by atoms with van der Waals surface area (Å²) in [5.74, 6) is 0.444. The summed E-state index contributed by atoms with van der Waals surface area (Å²) in [6, 6.07) is 11.4. The quantitative estimate of drug-likeness (QED) is 0.882. The van der Waals surface area contributed by atoms with E-state index in [4.69, 9.17) is 0 Å². The van der Waals surface area contributed by atoms with E-state index in [9.17, 15) is 4.79 Å². The van der Waals surface area contributed by atoms with Gasteiger partial charge in [0.25, 0.3) is 5.91 Å². The Hall–Kier alpha value is -2.14. The zero-order valence-electron chi connectivity index (χ0n) is 17.3. The van der Waals surface area contributed by atoms with Gasteiger partial charge in [-0.3, -0.25) is 9.89 Å². The maximum Gasteiger partial charge on any atom is 0.274 e. The molecule has 1 aromatic carbocycles. The van der Waals surface area contributed by atoms with E-state index in [1.165, 1.54) is 24.8 Å². The van der Waals surface area contributed by atoms with Crippen LogP contribution in [-0.4, -0.2) is 58.1 Å². The Morgan fingerprint density at radius 1 is 1.21 bits per heavy atom. The van der Waals surface area contributed by atoms with Gasteiger partial charge in [0.05, 0.1) is 0 Å². The van der Waals surface area contributed by atoms with Gasteiger partial charge in [0.2, 0.25) is 0 Å². The highest BCUT2D eigenvalue weighted by atomic mass is 16.2. The van der Waals surface area contributed by atoms with Crippen LogP contribution in [0.15, 0.2) is 30.3 Å². The molecule has 4 rings (SSSR count). The number of likely N-dealkylation sites (N-methyl/N-ethyl adjacent to an activating group) is 1. The van der Waals surface area contributed by atoms with E-state index >= 15 is 0 Å². The topological polar surface area (TPSA) is 52.2 Å². The fourth-order valence-electron chi connectivity index (χ4n) is 5.23. The van der Waals surface area contributed by atoms with Crippen molar-refractivity contribution in [3.05, 3.63) is 52.8 Å². The average molecular weight is 381 g/mol. The number of hydrogen-bond acceptors (Lipinski definition) is 3. The first kappa shape index (κ1) is 19.2. The second-order valence-electron chi connectivity index (χ2n) is 8.39. The molecule has 2 aliphatic heterocycles. The lowest BCUT2D eigenvalue weighted by atomic mass is 9.87. The normalized spacial score (nSPS) is 26.0. The van der Waals surface area contributed by atoms with Crippen molar-refractivity contribution in [1.82, 2.24) is 20.0 Å². The van der Waals surface area contributed by atoms with Crippen molar-refractivity contribution in [3.63, 3.8) is 0 Å². The van der Waals surface area contributed by atoms with Crippen LogP contribution in [0.25, 0.3) is 0 Å². The third-order valence-electron chi connectivity index (χ3n) is 6.78. The Morgan fingerprint density at radius 3 is 2.71 bits per heavy atom. The van der Waals surface area contributed by atoms with Crippen molar-refractivity contribution in [2.45, 2.75) is 64.0 Å². The molecule has 1 N–H and O–H groups in total. The number of rotatable bonds is 3. The van der Waals surface area contributed by atoms with Crippen molar-refractivity contribution in [3.8, 4) is 0 Å². The maximum atomic E-state index is 13.6. The van der Waals surface area contributed by atoms with Crippen molar-refractivity contribution < 1.29 is 4.79 Å². The first-order valence-electron chi connectivity index (χ1n) is 10.7. The van der Waals surface area contributed by atoms with Gasteiger partial charge < -0.3 is 9.80 Å². The number of H-pyrrole nitrogens is 1. The number of nitrogens with zero attached hydrogens (tertiary/aromatic N) is 3. The zero-order valence-corrected chi connectivity index (χ0v) is 17.3. The van der Waals surface area contributed by atoms with Gasteiger partial charge >= 0.3 is 0 Å². The Bertz CT molecular complexity index is 815. The van der Waals surface area contributed by atoms with E-state index in [0.29, 0.717) is 17.7 Å². The average Bonchev–Trinajstić information content (AvgIpc) is 3.26. The number of hydrogen-bond donors (Lipinski definition) is 1. The second-order valence-corrected chi connectivity index (χ2v) is 8.39. The lowest BCUT2D eigenvalue weighted by Crippen LogP contribution is -2.47. The molecule has 0 saturated carbocycles. The van der Waals surface area contributed by atoms with E-state index in [1.54, 1.807) is 0 Å².